The van der Waals surface area contributed by atoms with Gasteiger partial charge in [0.15, 0.2) is 6.10 Å². The number of aryl methyl sites for hydroxylation is 1. The van der Waals surface area contributed by atoms with Gasteiger partial charge in [-0.1, -0.05) is 12.1 Å². The summed E-state index contributed by atoms with van der Waals surface area (Å²) in [5.41, 5.74) is 7.62. The highest BCUT2D eigenvalue weighted by molar-refractivity contribution is 5.81. The summed E-state index contributed by atoms with van der Waals surface area (Å²) in [6, 6.07) is 5.79. The van der Waals surface area contributed by atoms with Crippen LogP contribution in [0.4, 0.5) is 0 Å². The van der Waals surface area contributed by atoms with E-state index in [-0.39, 0.29) is 17.5 Å². The molecule has 4 nitrogen and oxygen atoms in total. The van der Waals surface area contributed by atoms with E-state index in [0.717, 1.165) is 11.1 Å². The molecule has 1 aromatic rings. The maximum absolute atomic E-state index is 12.0. The summed E-state index contributed by atoms with van der Waals surface area (Å²) in [7, 11) is 0. The Bertz CT molecular complexity index is 476. The van der Waals surface area contributed by atoms with Crippen molar-refractivity contribution in [1.82, 2.24) is 5.32 Å². The SMILES string of the molecule is Cc1cc(C(C)N)ccc1OC(C)C(=O)NC(C)(C)C. The van der Waals surface area contributed by atoms with E-state index in [2.05, 4.69) is 5.32 Å². The summed E-state index contributed by atoms with van der Waals surface area (Å²) in [5, 5.41) is 2.90. The summed E-state index contributed by atoms with van der Waals surface area (Å²) < 4.78 is 5.73. The average Bonchev–Trinajstić information content (AvgIpc) is 2.29. The van der Waals surface area contributed by atoms with Crippen LogP contribution < -0.4 is 15.8 Å². The van der Waals surface area contributed by atoms with Crippen LogP contribution in [0.15, 0.2) is 18.2 Å². The van der Waals surface area contributed by atoms with E-state index in [4.69, 9.17) is 10.5 Å². The molecule has 112 valence electrons. The van der Waals surface area contributed by atoms with Crippen LogP contribution in [0.2, 0.25) is 0 Å². The molecule has 0 radical (unpaired) electrons. The van der Waals surface area contributed by atoms with Gasteiger partial charge in [-0.2, -0.15) is 0 Å². The van der Waals surface area contributed by atoms with E-state index < -0.39 is 6.10 Å². The number of amides is 1. The Kier molecular flexibility index (Phi) is 5.17. The van der Waals surface area contributed by atoms with Crippen molar-refractivity contribution in [3.05, 3.63) is 29.3 Å². The third kappa shape index (κ3) is 4.85. The fourth-order valence-electron chi connectivity index (χ4n) is 1.80. The largest absolute Gasteiger partial charge is 0.481 e. The van der Waals surface area contributed by atoms with Gasteiger partial charge in [-0.25, -0.2) is 0 Å². The minimum atomic E-state index is -0.533. The predicted molar refractivity (Wildman–Crippen MR) is 81.8 cm³/mol. The van der Waals surface area contributed by atoms with Gasteiger partial charge in [0, 0.05) is 11.6 Å². The first-order chi connectivity index (χ1) is 9.10. The zero-order valence-electron chi connectivity index (χ0n) is 13.3. The second-order valence-corrected chi connectivity index (χ2v) is 6.31. The van der Waals surface area contributed by atoms with Crippen molar-refractivity contribution in [2.45, 2.75) is 59.2 Å². The third-order valence-electron chi connectivity index (χ3n) is 2.90. The van der Waals surface area contributed by atoms with Crippen molar-refractivity contribution in [2.75, 3.05) is 0 Å². The number of hydrogen-bond acceptors (Lipinski definition) is 3. The van der Waals surface area contributed by atoms with Crippen LogP contribution in [0.5, 0.6) is 5.75 Å². The molecule has 0 fully saturated rings. The van der Waals surface area contributed by atoms with Crippen LogP contribution in [0.3, 0.4) is 0 Å². The van der Waals surface area contributed by atoms with E-state index in [9.17, 15) is 4.79 Å². The highest BCUT2D eigenvalue weighted by Crippen LogP contribution is 2.23. The van der Waals surface area contributed by atoms with E-state index in [1.54, 1.807) is 6.92 Å². The molecule has 0 aliphatic carbocycles. The van der Waals surface area contributed by atoms with Crippen LogP contribution in [0, 0.1) is 6.92 Å². The van der Waals surface area contributed by atoms with Crippen molar-refractivity contribution >= 4 is 5.91 Å². The lowest BCUT2D eigenvalue weighted by atomic mass is 10.1. The molecule has 4 heteroatoms. The molecule has 3 N–H and O–H groups in total. The molecule has 2 unspecified atom stereocenters. The quantitative estimate of drug-likeness (QED) is 0.890. The third-order valence-corrected chi connectivity index (χ3v) is 2.90. The maximum Gasteiger partial charge on any atom is 0.261 e. The number of carbonyl (C=O) groups excluding carboxylic acids is 1. The zero-order chi connectivity index (χ0) is 15.5. The minimum Gasteiger partial charge on any atom is -0.481 e. The Morgan fingerprint density at radius 3 is 2.35 bits per heavy atom. The van der Waals surface area contributed by atoms with Gasteiger partial charge in [0.1, 0.15) is 5.75 Å². The molecule has 0 aliphatic heterocycles. The lowest BCUT2D eigenvalue weighted by Crippen LogP contribution is -2.46. The number of hydrogen-bond donors (Lipinski definition) is 2. The Balaban J connectivity index is 2.76. The van der Waals surface area contributed by atoms with Crippen molar-refractivity contribution in [3.63, 3.8) is 0 Å². The first-order valence-electron chi connectivity index (χ1n) is 6.95. The van der Waals surface area contributed by atoms with Crippen molar-refractivity contribution in [1.29, 1.82) is 0 Å². The summed E-state index contributed by atoms with van der Waals surface area (Å²) in [5.74, 6) is 0.596. The number of nitrogens with one attached hydrogen (secondary N) is 1. The van der Waals surface area contributed by atoms with Crippen LogP contribution in [0.1, 0.15) is 51.8 Å². The molecule has 0 spiro atoms. The fraction of sp³-hybridized carbons (Fsp3) is 0.562. The standard InChI is InChI=1S/C16H26N2O2/c1-10-9-13(11(2)17)7-8-14(10)20-12(3)15(19)18-16(4,5)6/h7-9,11-12H,17H2,1-6H3,(H,18,19). The molecule has 0 saturated carbocycles. The maximum atomic E-state index is 12.0. The van der Waals surface area contributed by atoms with E-state index in [1.165, 1.54) is 0 Å². The Labute approximate surface area is 121 Å². The smallest absolute Gasteiger partial charge is 0.261 e. The van der Waals surface area contributed by atoms with Crippen molar-refractivity contribution in [2.24, 2.45) is 5.73 Å². The van der Waals surface area contributed by atoms with Gasteiger partial charge in [-0.15, -0.1) is 0 Å². The molecule has 2 atom stereocenters. The summed E-state index contributed by atoms with van der Waals surface area (Å²) in [6.07, 6.45) is -0.533. The van der Waals surface area contributed by atoms with Gasteiger partial charge < -0.3 is 15.8 Å². The highest BCUT2D eigenvalue weighted by Gasteiger charge is 2.21. The number of carbonyl (C=O) groups is 1. The van der Waals surface area contributed by atoms with Crippen molar-refractivity contribution in [3.8, 4) is 5.75 Å². The summed E-state index contributed by atoms with van der Waals surface area (Å²) in [4.78, 5) is 12.0. The van der Waals surface area contributed by atoms with Gasteiger partial charge in [0.2, 0.25) is 0 Å². The topological polar surface area (TPSA) is 64.3 Å². The van der Waals surface area contributed by atoms with Gasteiger partial charge in [0.25, 0.3) is 5.91 Å². The van der Waals surface area contributed by atoms with Gasteiger partial charge in [-0.05, 0) is 58.7 Å². The molecule has 1 aromatic carbocycles. The zero-order valence-corrected chi connectivity index (χ0v) is 13.3. The average molecular weight is 278 g/mol. The lowest BCUT2D eigenvalue weighted by molar-refractivity contribution is -0.128. The van der Waals surface area contributed by atoms with Crippen LogP contribution >= 0.6 is 0 Å². The van der Waals surface area contributed by atoms with Gasteiger partial charge in [0.05, 0.1) is 0 Å². The Morgan fingerprint density at radius 1 is 1.30 bits per heavy atom. The van der Waals surface area contributed by atoms with Gasteiger partial charge >= 0.3 is 0 Å². The number of nitrogens with two attached hydrogens (primary N) is 1. The molecular weight excluding hydrogens is 252 g/mol. The molecule has 0 aliphatic rings. The molecule has 1 rings (SSSR count). The van der Waals surface area contributed by atoms with E-state index >= 15 is 0 Å². The first-order valence-corrected chi connectivity index (χ1v) is 6.95. The molecule has 0 heterocycles. The highest BCUT2D eigenvalue weighted by atomic mass is 16.5. The first kappa shape index (κ1) is 16.5. The van der Waals surface area contributed by atoms with E-state index in [1.807, 2.05) is 52.8 Å². The molecule has 20 heavy (non-hydrogen) atoms. The molecular formula is C16H26N2O2. The number of benzene rings is 1. The predicted octanol–water partition coefficient (Wildman–Crippen LogP) is 2.70. The Hall–Kier alpha value is -1.55. The van der Waals surface area contributed by atoms with Crippen LogP contribution in [-0.2, 0) is 4.79 Å². The summed E-state index contributed by atoms with van der Waals surface area (Å²) >= 11 is 0. The lowest BCUT2D eigenvalue weighted by Gasteiger charge is -2.24. The molecule has 0 aromatic heterocycles. The van der Waals surface area contributed by atoms with Crippen LogP contribution in [0.25, 0.3) is 0 Å². The summed E-state index contributed by atoms with van der Waals surface area (Å²) in [6.45, 7) is 11.5. The molecule has 0 saturated heterocycles. The second kappa shape index (κ2) is 6.27. The van der Waals surface area contributed by atoms with Crippen molar-refractivity contribution < 1.29 is 9.53 Å². The number of ether oxygens (including phenoxy) is 1. The second-order valence-electron chi connectivity index (χ2n) is 6.31. The monoisotopic (exact) mass is 278 g/mol. The number of rotatable bonds is 4. The molecule has 0 bridgehead atoms. The van der Waals surface area contributed by atoms with E-state index in [0.29, 0.717) is 5.75 Å². The van der Waals surface area contributed by atoms with Crippen LogP contribution in [-0.4, -0.2) is 17.6 Å². The Morgan fingerprint density at radius 2 is 1.90 bits per heavy atom. The fourth-order valence-corrected chi connectivity index (χ4v) is 1.80. The van der Waals surface area contributed by atoms with Gasteiger partial charge in [-0.3, -0.25) is 4.79 Å². The minimum absolute atomic E-state index is 0.00985. The normalized spacial score (nSPS) is 14.6. The molecule has 1 amide bonds.